The maximum absolute atomic E-state index is 13.4. The summed E-state index contributed by atoms with van der Waals surface area (Å²) in [6, 6.07) is 12.5. The fourth-order valence-corrected chi connectivity index (χ4v) is 5.68. The van der Waals surface area contributed by atoms with Gasteiger partial charge < -0.3 is 20.3 Å². The molecule has 0 spiro atoms. The number of alkyl carbamates (subject to hydrolysis) is 1. The van der Waals surface area contributed by atoms with Gasteiger partial charge in [0.25, 0.3) is 5.91 Å². The van der Waals surface area contributed by atoms with Crippen molar-refractivity contribution in [3.05, 3.63) is 64.7 Å². The Morgan fingerprint density at radius 1 is 1.13 bits per heavy atom. The second-order valence-electron chi connectivity index (χ2n) is 10.7. The molecule has 0 bridgehead atoms. The number of hydrogen-bond donors (Lipinski definition) is 2. The highest BCUT2D eigenvalue weighted by molar-refractivity contribution is 7.90. The van der Waals surface area contributed by atoms with Gasteiger partial charge in [0.1, 0.15) is 5.60 Å². The highest BCUT2D eigenvalue weighted by Crippen LogP contribution is 2.21. The number of hydrogen-bond acceptors (Lipinski definition) is 6. The van der Waals surface area contributed by atoms with Crippen LogP contribution in [0.2, 0.25) is 5.02 Å². The molecule has 3 amide bonds. The normalized spacial score (nSPS) is 16.4. The maximum Gasteiger partial charge on any atom is 0.407 e. The Bertz CT molecular complexity index is 1310. The van der Waals surface area contributed by atoms with Crippen molar-refractivity contribution in [3.63, 3.8) is 0 Å². The molecule has 3 rings (SSSR count). The number of nitrogens with one attached hydrogen (secondary N) is 2. The number of ether oxygens (including phenoxy) is 1. The van der Waals surface area contributed by atoms with Gasteiger partial charge in [0, 0.05) is 42.9 Å². The van der Waals surface area contributed by atoms with E-state index in [2.05, 4.69) is 10.6 Å². The van der Waals surface area contributed by atoms with Crippen molar-refractivity contribution in [1.82, 2.24) is 15.5 Å². The summed E-state index contributed by atoms with van der Waals surface area (Å²) in [5, 5.41) is 6.18. The first-order chi connectivity index (χ1) is 18.2. The van der Waals surface area contributed by atoms with Crippen LogP contribution in [0.15, 0.2) is 53.4 Å². The minimum Gasteiger partial charge on any atom is -0.444 e. The van der Waals surface area contributed by atoms with Crippen LogP contribution in [-0.2, 0) is 25.8 Å². The van der Waals surface area contributed by atoms with E-state index >= 15 is 0 Å². The third kappa shape index (κ3) is 9.25. The van der Waals surface area contributed by atoms with E-state index in [1.807, 2.05) is 12.1 Å². The summed E-state index contributed by atoms with van der Waals surface area (Å²) < 4.78 is 29.6. The molecule has 0 radical (unpaired) electrons. The quantitative estimate of drug-likeness (QED) is 0.465. The summed E-state index contributed by atoms with van der Waals surface area (Å²) in [7, 11) is -3.58. The van der Waals surface area contributed by atoms with E-state index < -0.39 is 33.5 Å². The fourth-order valence-electron chi connectivity index (χ4n) is 4.58. The largest absolute Gasteiger partial charge is 0.444 e. The predicted molar refractivity (Wildman–Crippen MR) is 150 cm³/mol. The number of sulfone groups is 1. The Morgan fingerprint density at radius 3 is 2.51 bits per heavy atom. The van der Waals surface area contributed by atoms with E-state index in [0.717, 1.165) is 18.2 Å². The van der Waals surface area contributed by atoms with Crippen molar-refractivity contribution in [2.45, 2.75) is 69.0 Å². The number of nitrogens with zero attached hydrogens (tertiary/aromatic N) is 1. The van der Waals surface area contributed by atoms with Gasteiger partial charge in [0.2, 0.25) is 5.91 Å². The number of halogens is 1. The molecule has 1 aliphatic heterocycles. The molecule has 2 aromatic rings. The van der Waals surface area contributed by atoms with E-state index in [9.17, 15) is 22.8 Å². The van der Waals surface area contributed by atoms with E-state index in [1.54, 1.807) is 49.9 Å². The first kappa shape index (κ1) is 30.4. The van der Waals surface area contributed by atoms with Crippen molar-refractivity contribution < 1.29 is 27.5 Å². The number of likely N-dealkylation sites (tertiary alicyclic amines) is 1. The molecule has 11 heteroatoms. The monoisotopic (exact) mass is 577 g/mol. The van der Waals surface area contributed by atoms with Crippen LogP contribution in [0, 0.1) is 0 Å². The van der Waals surface area contributed by atoms with E-state index in [-0.39, 0.29) is 35.4 Å². The van der Waals surface area contributed by atoms with E-state index in [0.29, 0.717) is 24.4 Å². The van der Waals surface area contributed by atoms with Crippen LogP contribution in [0.3, 0.4) is 0 Å². The average Bonchev–Trinajstić information content (AvgIpc) is 3.29. The molecule has 1 saturated heterocycles. The summed E-state index contributed by atoms with van der Waals surface area (Å²) >= 11 is 6.13. The maximum atomic E-state index is 13.4. The van der Waals surface area contributed by atoms with Crippen molar-refractivity contribution in [2.75, 3.05) is 19.3 Å². The summed E-state index contributed by atoms with van der Waals surface area (Å²) in [6.45, 7) is 6.00. The van der Waals surface area contributed by atoms with Crippen LogP contribution in [0.4, 0.5) is 4.79 Å². The summed E-state index contributed by atoms with van der Waals surface area (Å²) in [6.07, 6.45) is 2.32. The van der Waals surface area contributed by atoms with Crippen molar-refractivity contribution in [2.24, 2.45) is 0 Å². The van der Waals surface area contributed by atoms with Crippen LogP contribution >= 0.6 is 11.6 Å². The van der Waals surface area contributed by atoms with Crippen LogP contribution < -0.4 is 10.6 Å². The van der Waals surface area contributed by atoms with Crippen LogP contribution in [0.1, 0.15) is 56.0 Å². The lowest BCUT2D eigenvalue weighted by Gasteiger charge is -2.28. The molecule has 2 aromatic carbocycles. The molecule has 9 nitrogen and oxygen atoms in total. The third-order valence-electron chi connectivity index (χ3n) is 6.24. The van der Waals surface area contributed by atoms with Gasteiger partial charge in [-0.15, -0.1) is 0 Å². The van der Waals surface area contributed by atoms with E-state index in [1.165, 1.54) is 12.1 Å². The number of amides is 3. The van der Waals surface area contributed by atoms with Gasteiger partial charge in [-0.05, 0) is 69.9 Å². The van der Waals surface area contributed by atoms with Crippen LogP contribution in [0.5, 0.6) is 0 Å². The topological polar surface area (TPSA) is 122 Å². The lowest BCUT2D eigenvalue weighted by molar-refractivity contribution is -0.132. The average molecular weight is 578 g/mol. The Kier molecular flexibility index (Phi) is 10.0. The second-order valence-corrected chi connectivity index (χ2v) is 13.2. The zero-order chi connectivity index (χ0) is 28.8. The molecule has 1 aliphatic rings. The minimum absolute atomic E-state index is 0.0348. The summed E-state index contributed by atoms with van der Waals surface area (Å²) in [5.74, 6) is -0.674. The predicted octanol–water partition coefficient (Wildman–Crippen LogP) is 3.99. The van der Waals surface area contributed by atoms with Gasteiger partial charge in [-0.1, -0.05) is 35.9 Å². The van der Waals surface area contributed by atoms with Crippen LogP contribution in [0.25, 0.3) is 0 Å². The Morgan fingerprint density at radius 2 is 1.85 bits per heavy atom. The lowest BCUT2D eigenvalue weighted by atomic mass is 10.0. The van der Waals surface area contributed by atoms with Gasteiger partial charge in [0.05, 0.1) is 10.5 Å². The Balaban J connectivity index is 1.68. The van der Waals surface area contributed by atoms with Crippen molar-refractivity contribution >= 4 is 39.3 Å². The van der Waals surface area contributed by atoms with Gasteiger partial charge in [-0.2, -0.15) is 0 Å². The zero-order valence-corrected chi connectivity index (χ0v) is 24.3. The lowest BCUT2D eigenvalue weighted by Crippen LogP contribution is -2.47. The number of carbonyl (C=O) groups is 3. The molecule has 0 aliphatic carbocycles. The number of rotatable bonds is 9. The first-order valence-electron chi connectivity index (χ1n) is 12.8. The number of carbonyl (C=O) groups excluding carboxylic acids is 3. The molecular weight excluding hydrogens is 542 g/mol. The molecule has 2 atom stereocenters. The standard InChI is InChI=1S/C28H36ClN3O6S/c1-28(2,3)38-27(35)31-21(16-19-9-7-10-20(29)15-19)17-25(33)32-14-8-11-22(32)18-30-26(34)23-12-5-6-13-24(23)39(4,36)37/h5-7,9-10,12-13,15,21-22H,8,11,14,16-18H2,1-4H3,(H,30,34)(H,31,35). The van der Waals surface area contributed by atoms with Gasteiger partial charge in [-0.3, -0.25) is 9.59 Å². The number of benzene rings is 2. The minimum atomic E-state index is -3.58. The third-order valence-corrected chi connectivity index (χ3v) is 7.63. The molecule has 0 saturated carbocycles. The van der Waals surface area contributed by atoms with Crippen molar-refractivity contribution in [1.29, 1.82) is 0 Å². The summed E-state index contributed by atoms with van der Waals surface area (Å²) in [4.78, 5) is 40.4. The SMILES string of the molecule is CC(C)(C)OC(=O)NC(CC(=O)N1CCCC1CNC(=O)c1ccccc1S(C)(=O)=O)Cc1cccc(Cl)c1. The fraction of sp³-hybridized carbons (Fsp3) is 0.464. The molecule has 39 heavy (non-hydrogen) atoms. The molecule has 1 fully saturated rings. The second kappa shape index (κ2) is 12.8. The smallest absolute Gasteiger partial charge is 0.407 e. The molecular formula is C28H36ClN3O6S. The molecule has 2 unspecified atom stereocenters. The zero-order valence-electron chi connectivity index (χ0n) is 22.7. The first-order valence-corrected chi connectivity index (χ1v) is 15.1. The van der Waals surface area contributed by atoms with Gasteiger partial charge in [-0.25, -0.2) is 13.2 Å². The molecule has 2 N–H and O–H groups in total. The molecule has 0 aromatic heterocycles. The van der Waals surface area contributed by atoms with Gasteiger partial charge in [0.15, 0.2) is 9.84 Å². The van der Waals surface area contributed by atoms with Gasteiger partial charge >= 0.3 is 6.09 Å². The van der Waals surface area contributed by atoms with Crippen molar-refractivity contribution in [3.8, 4) is 0 Å². The Hall–Kier alpha value is -3.11. The summed E-state index contributed by atoms with van der Waals surface area (Å²) in [5.41, 5.74) is 0.244. The Labute approximate surface area is 235 Å². The highest BCUT2D eigenvalue weighted by atomic mass is 35.5. The van der Waals surface area contributed by atoms with Crippen LogP contribution in [-0.4, -0.2) is 68.3 Å². The molecule has 1 heterocycles. The molecule has 212 valence electrons. The van der Waals surface area contributed by atoms with E-state index in [4.69, 9.17) is 16.3 Å². The highest BCUT2D eigenvalue weighted by Gasteiger charge is 2.31.